The zero-order valence-electron chi connectivity index (χ0n) is 19.1. The van der Waals surface area contributed by atoms with Gasteiger partial charge in [0.25, 0.3) is 0 Å². The van der Waals surface area contributed by atoms with Crippen LogP contribution in [0.25, 0.3) is 0 Å². The predicted octanol–water partition coefficient (Wildman–Crippen LogP) is 3.57. The van der Waals surface area contributed by atoms with Crippen LogP contribution < -0.4 is 5.32 Å². The Balaban J connectivity index is 2.25. The molecule has 0 aliphatic carbocycles. The lowest BCUT2D eigenvalue weighted by Gasteiger charge is -2.32. The van der Waals surface area contributed by atoms with Crippen molar-refractivity contribution in [3.63, 3.8) is 0 Å². The smallest absolute Gasteiger partial charge is 0.407 e. The van der Waals surface area contributed by atoms with Gasteiger partial charge in [0.15, 0.2) is 0 Å². The summed E-state index contributed by atoms with van der Waals surface area (Å²) < 4.78 is 5.25. The van der Waals surface area contributed by atoms with Gasteiger partial charge >= 0.3 is 6.09 Å². The van der Waals surface area contributed by atoms with E-state index >= 15 is 0 Å². The number of likely N-dealkylation sites (tertiary alicyclic amines) is 1. The number of hydrogen-bond acceptors (Lipinski definition) is 4. The number of hydrogen-bond donors (Lipinski definition) is 1. The Hall–Kier alpha value is -1.79. The molecule has 29 heavy (non-hydrogen) atoms. The summed E-state index contributed by atoms with van der Waals surface area (Å²) in [5.74, 6) is 0.659. The van der Waals surface area contributed by atoms with E-state index in [0.717, 1.165) is 38.8 Å². The largest absolute Gasteiger partial charge is 0.444 e. The minimum absolute atomic E-state index is 0.133. The van der Waals surface area contributed by atoms with Crippen LogP contribution in [-0.4, -0.2) is 66.0 Å². The van der Waals surface area contributed by atoms with Crippen LogP contribution in [0.2, 0.25) is 0 Å². The second-order valence-corrected chi connectivity index (χ2v) is 8.94. The van der Waals surface area contributed by atoms with E-state index in [0.29, 0.717) is 44.8 Å². The van der Waals surface area contributed by atoms with Crippen LogP contribution in [0.5, 0.6) is 0 Å². The Kier molecular flexibility index (Phi) is 11.1. The van der Waals surface area contributed by atoms with Crippen LogP contribution in [0.15, 0.2) is 0 Å². The molecule has 1 saturated heterocycles. The Morgan fingerprint density at radius 1 is 1.03 bits per heavy atom. The first-order chi connectivity index (χ1) is 13.7. The van der Waals surface area contributed by atoms with Crippen molar-refractivity contribution in [2.75, 3.05) is 32.7 Å². The van der Waals surface area contributed by atoms with Crippen molar-refractivity contribution in [3.05, 3.63) is 0 Å². The third kappa shape index (κ3) is 10.5. The van der Waals surface area contributed by atoms with Gasteiger partial charge in [0.2, 0.25) is 11.8 Å². The molecule has 1 aliphatic heterocycles. The van der Waals surface area contributed by atoms with E-state index in [-0.39, 0.29) is 17.9 Å². The number of ether oxygens (including phenoxy) is 1. The van der Waals surface area contributed by atoms with E-state index in [1.165, 1.54) is 0 Å². The Morgan fingerprint density at radius 3 is 2.14 bits per heavy atom. The molecule has 3 amide bonds. The van der Waals surface area contributed by atoms with E-state index in [4.69, 9.17) is 4.74 Å². The highest BCUT2D eigenvalue weighted by Crippen LogP contribution is 2.18. The first-order valence-corrected chi connectivity index (χ1v) is 11.2. The molecule has 0 saturated carbocycles. The molecule has 0 bridgehead atoms. The number of rotatable bonds is 10. The van der Waals surface area contributed by atoms with Crippen LogP contribution in [-0.2, 0) is 14.3 Å². The number of nitrogens with zero attached hydrogens (tertiary/aromatic N) is 2. The van der Waals surface area contributed by atoms with Gasteiger partial charge in [-0.25, -0.2) is 4.79 Å². The first kappa shape index (κ1) is 25.2. The van der Waals surface area contributed by atoms with Crippen LogP contribution >= 0.6 is 0 Å². The highest BCUT2D eigenvalue weighted by Gasteiger charge is 2.24. The van der Waals surface area contributed by atoms with Crippen LogP contribution in [0.1, 0.15) is 79.6 Å². The average molecular weight is 412 g/mol. The number of nitrogens with one attached hydrogen (secondary N) is 1. The predicted molar refractivity (Wildman–Crippen MR) is 115 cm³/mol. The number of alkyl carbamates (subject to hydrolysis) is 1. The maximum Gasteiger partial charge on any atom is 0.407 e. The summed E-state index contributed by atoms with van der Waals surface area (Å²) >= 11 is 0. The summed E-state index contributed by atoms with van der Waals surface area (Å²) in [5.41, 5.74) is -0.495. The third-order valence-electron chi connectivity index (χ3n) is 5.02. The van der Waals surface area contributed by atoms with E-state index in [1.54, 1.807) is 0 Å². The third-order valence-corrected chi connectivity index (χ3v) is 5.02. The van der Waals surface area contributed by atoms with Crippen molar-refractivity contribution in [2.24, 2.45) is 5.92 Å². The molecule has 1 aliphatic rings. The van der Waals surface area contributed by atoms with Gasteiger partial charge in [-0.2, -0.15) is 0 Å². The Morgan fingerprint density at radius 2 is 1.62 bits per heavy atom. The van der Waals surface area contributed by atoms with Crippen molar-refractivity contribution >= 4 is 17.9 Å². The van der Waals surface area contributed by atoms with Crippen molar-refractivity contribution in [1.82, 2.24) is 15.1 Å². The fourth-order valence-corrected chi connectivity index (χ4v) is 3.54. The van der Waals surface area contributed by atoms with Crippen molar-refractivity contribution in [3.8, 4) is 0 Å². The SMILES string of the molecule is CCCN(CCC)C(=O)CCCC(=O)N1CCC(CNC(=O)OC(C)(C)C)CC1. The van der Waals surface area contributed by atoms with Gasteiger partial charge in [0.1, 0.15) is 5.60 Å². The van der Waals surface area contributed by atoms with Gasteiger partial charge in [-0.05, 0) is 58.8 Å². The molecule has 1 rings (SSSR count). The van der Waals surface area contributed by atoms with Gasteiger partial charge < -0.3 is 19.9 Å². The van der Waals surface area contributed by atoms with Crippen LogP contribution in [0, 0.1) is 5.92 Å². The molecule has 0 aromatic heterocycles. The lowest BCUT2D eigenvalue weighted by molar-refractivity contribution is -0.133. The molecule has 168 valence electrons. The van der Waals surface area contributed by atoms with Crippen LogP contribution in [0.4, 0.5) is 4.79 Å². The topological polar surface area (TPSA) is 79.0 Å². The molecule has 7 heteroatoms. The number of piperidine rings is 1. The van der Waals surface area contributed by atoms with E-state index < -0.39 is 5.60 Å². The summed E-state index contributed by atoms with van der Waals surface area (Å²) in [6, 6.07) is 0. The first-order valence-electron chi connectivity index (χ1n) is 11.2. The van der Waals surface area contributed by atoms with Crippen molar-refractivity contribution in [2.45, 2.75) is 85.2 Å². The van der Waals surface area contributed by atoms with E-state index in [2.05, 4.69) is 19.2 Å². The van der Waals surface area contributed by atoms with E-state index in [9.17, 15) is 14.4 Å². The number of amides is 3. The molecule has 7 nitrogen and oxygen atoms in total. The number of carbonyl (C=O) groups is 3. The fourth-order valence-electron chi connectivity index (χ4n) is 3.54. The summed E-state index contributed by atoms with van der Waals surface area (Å²) in [6.45, 7) is 13.3. The molecule has 0 aromatic carbocycles. The summed E-state index contributed by atoms with van der Waals surface area (Å²) in [4.78, 5) is 40.3. The lowest BCUT2D eigenvalue weighted by atomic mass is 9.96. The average Bonchev–Trinajstić information content (AvgIpc) is 2.65. The normalized spacial score (nSPS) is 15.1. The zero-order chi connectivity index (χ0) is 21.9. The fraction of sp³-hybridized carbons (Fsp3) is 0.864. The summed E-state index contributed by atoms with van der Waals surface area (Å²) in [7, 11) is 0. The molecule has 0 spiro atoms. The molecular weight excluding hydrogens is 370 g/mol. The highest BCUT2D eigenvalue weighted by atomic mass is 16.6. The highest BCUT2D eigenvalue weighted by molar-refractivity contribution is 5.79. The van der Waals surface area contributed by atoms with E-state index in [1.807, 2.05) is 30.6 Å². The minimum Gasteiger partial charge on any atom is -0.444 e. The summed E-state index contributed by atoms with van der Waals surface area (Å²) in [6.07, 6.45) is 4.77. The standard InChI is InChI=1S/C22H41N3O4/c1-6-13-24(14-7-2)19(26)9-8-10-20(27)25-15-11-18(12-16-25)17-23-21(28)29-22(3,4)5/h18H,6-17H2,1-5H3,(H,23,28). The van der Waals surface area contributed by atoms with Crippen molar-refractivity contribution < 1.29 is 19.1 Å². The van der Waals surface area contributed by atoms with Gasteiger partial charge in [0.05, 0.1) is 0 Å². The van der Waals surface area contributed by atoms with Gasteiger partial charge in [-0.1, -0.05) is 13.8 Å². The maximum absolute atomic E-state index is 12.4. The van der Waals surface area contributed by atoms with Crippen molar-refractivity contribution in [1.29, 1.82) is 0 Å². The molecule has 1 N–H and O–H groups in total. The lowest BCUT2D eigenvalue weighted by Crippen LogP contribution is -2.42. The maximum atomic E-state index is 12.4. The number of carbonyl (C=O) groups excluding carboxylic acids is 3. The molecule has 1 heterocycles. The molecule has 0 radical (unpaired) electrons. The summed E-state index contributed by atoms with van der Waals surface area (Å²) in [5, 5.41) is 2.82. The molecule has 1 fully saturated rings. The molecule has 0 unspecified atom stereocenters. The second kappa shape index (κ2) is 12.7. The molecular formula is C22H41N3O4. The Labute approximate surface area is 176 Å². The zero-order valence-corrected chi connectivity index (χ0v) is 19.1. The van der Waals surface area contributed by atoms with Gasteiger partial charge in [-0.15, -0.1) is 0 Å². The van der Waals surface area contributed by atoms with Crippen LogP contribution in [0.3, 0.4) is 0 Å². The van der Waals surface area contributed by atoms with Gasteiger partial charge in [-0.3, -0.25) is 9.59 Å². The Bertz CT molecular complexity index is 517. The second-order valence-electron chi connectivity index (χ2n) is 8.94. The molecule has 0 atom stereocenters. The van der Waals surface area contributed by atoms with Gasteiger partial charge in [0, 0.05) is 45.6 Å². The minimum atomic E-state index is -0.495. The monoisotopic (exact) mass is 411 g/mol. The quantitative estimate of drug-likeness (QED) is 0.596. The molecule has 0 aromatic rings.